The molecule has 0 atom stereocenters. The number of para-hydroxylation sites is 1. The molecule has 0 bridgehead atoms. The molecule has 4 nitrogen and oxygen atoms in total. The van der Waals surface area contributed by atoms with Crippen molar-refractivity contribution in [2.24, 2.45) is 0 Å². The molecular weight excluding hydrogens is 250 g/mol. The van der Waals surface area contributed by atoms with Gasteiger partial charge in [0.15, 0.2) is 0 Å². The quantitative estimate of drug-likeness (QED) is 0.767. The van der Waals surface area contributed by atoms with Crippen molar-refractivity contribution < 1.29 is 4.79 Å². The van der Waals surface area contributed by atoms with Crippen molar-refractivity contribution in [2.75, 3.05) is 25.0 Å². The normalized spacial score (nSPS) is 11.1. The Morgan fingerprint density at radius 2 is 1.85 bits per heavy atom. The van der Waals surface area contributed by atoms with Crippen molar-refractivity contribution in [1.29, 1.82) is 0 Å². The number of benzene rings is 1. The maximum absolute atomic E-state index is 11.9. The smallest absolute Gasteiger partial charge is 0.238 e. The van der Waals surface area contributed by atoms with Gasteiger partial charge in [0.25, 0.3) is 0 Å². The second-order valence-electron chi connectivity index (χ2n) is 5.20. The molecular formula is C16H27N3O. The second-order valence-corrected chi connectivity index (χ2v) is 5.20. The average Bonchev–Trinajstić information content (AvgIpc) is 2.44. The summed E-state index contributed by atoms with van der Waals surface area (Å²) in [5.41, 5.74) is 2.07. The van der Waals surface area contributed by atoms with Gasteiger partial charge in [0.1, 0.15) is 0 Å². The van der Waals surface area contributed by atoms with E-state index >= 15 is 0 Å². The van der Waals surface area contributed by atoms with E-state index in [2.05, 4.69) is 35.4 Å². The maximum Gasteiger partial charge on any atom is 0.238 e. The summed E-state index contributed by atoms with van der Waals surface area (Å²) in [4.78, 5) is 14.2. The Bertz CT molecular complexity index is 414. The van der Waals surface area contributed by atoms with E-state index in [-0.39, 0.29) is 5.91 Å². The van der Waals surface area contributed by atoms with Crippen LogP contribution in [-0.4, -0.2) is 36.5 Å². The first-order valence-electron chi connectivity index (χ1n) is 7.40. The number of hydrogen-bond donors (Lipinski definition) is 2. The Kier molecular flexibility index (Phi) is 7.26. The summed E-state index contributed by atoms with van der Waals surface area (Å²) in [6, 6.07) is 8.32. The lowest BCUT2D eigenvalue weighted by Gasteiger charge is -2.20. The molecule has 1 aromatic carbocycles. The van der Waals surface area contributed by atoms with E-state index in [1.54, 1.807) is 0 Å². The fourth-order valence-electron chi connectivity index (χ4n) is 1.96. The van der Waals surface area contributed by atoms with E-state index in [0.717, 1.165) is 30.9 Å². The highest BCUT2D eigenvalue weighted by Crippen LogP contribution is 2.17. The molecule has 0 aliphatic carbocycles. The number of carbonyl (C=O) groups is 1. The average molecular weight is 277 g/mol. The summed E-state index contributed by atoms with van der Waals surface area (Å²) in [5, 5.41) is 6.12. The number of nitrogens with one attached hydrogen (secondary N) is 2. The summed E-state index contributed by atoms with van der Waals surface area (Å²) in [7, 11) is 0. The van der Waals surface area contributed by atoms with Gasteiger partial charge in [0.2, 0.25) is 5.91 Å². The van der Waals surface area contributed by atoms with Gasteiger partial charge in [-0.15, -0.1) is 0 Å². The van der Waals surface area contributed by atoms with Crippen molar-refractivity contribution in [3.8, 4) is 0 Å². The van der Waals surface area contributed by atoms with Gasteiger partial charge in [-0.2, -0.15) is 0 Å². The molecule has 0 unspecified atom stereocenters. The largest absolute Gasteiger partial charge is 0.325 e. The molecule has 0 radical (unpaired) electrons. The number of amides is 1. The lowest BCUT2D eigenvalue weighted by molar-refractivity contribution is -0.115. The van der Waals surface area contributed by atoms with Crippen molar-refractivity contribution in [3.63, 3.8) is 0 Å². The van der Waals surface area contributed by atoms with Crippen LogP contribution in [0.5, 0.6) is 0 Å². The second kappa shape index (κ2) is 8.72. The van der Waals surface area contributed by atoms with Crippen molar-refractivity contribution in [2.45, 2.75) is 40.3 Å². The minimum Gasteiger partial charge on any atom is -0.325 e. The summed E-state index contributed by atoms with van der Waals surface area (Å²) < 4.78 is 0. The predicted octanol–water partition coefficient (Wildman–Crippen LogP) is 2.46. The van der Waals surface area contributed by atoms with Crippen molar-refractivity contribution in [3.05, 3.63) is 29.8 Å². The monoisotopic (exact) mass is 277 g/mol. The number of rotatable bonds is 8. The van der Waals surface area contributed by atoms with Crippen LogP contribution in [0.4, 0.5) is 5.69 Å². The standard InChI is InChI=1S/C16H27N3O/c1-5-19(6-2)12-14-9-7-8-10-15(14)18-16(20)11-17-13(3)4/h7-10,13,17H,5-6,11-12H2,1-4H3,(H,18,20). The molecule has 1 aromatic rings. The molecule has 1 rings (SSSR count). The zero-order chi connectivity index (χ0) is 15.0. The Morgan fingerprint density at radius 1 is 1.20 bits per heavy atom. The van der Waals surface area contributed by atoms with Crippen molar-refractivity contribution >= 4 is 11.6 Å². The number of anilines is 1. The number of nitrogens with zero attached hydrogens (tertiary/aromatic N) is 1. The van der Waals surface area contributed by atoms with Gasteiger partial charge in [-0.3, -0.25) is 9.69 Å². The Labute approximate surface area is 122 Å². The minimum absolute atomic E-state index is 0.00527. The number of carbonyl (C=O) groups excluding carboxylic acids is 1. The summed E-state index contributed by atoms with van der Waals surface area (Å²) >= 11 is 0. The van der Waals surface area contributed by atoms with Crippen LogP contribution in [0.15, 0.2) is 24.3 Å². The molecule has 0 fully saturated rings. The fraction of sp³-hybridized carbons (Fsp3) is 0.562. The first-order valence-corrected chi connectivity index (χ1v) is 7.40. The highest BCUT2D eigenvalue weighted by molar-refractivity contribution is 5.93. The topological polar surface area (TPSA) is 44.4 Å². The van der Waals surface area contributed by atoms with Crippen molar-refractivity contribution in [1.82, 2.24) is 10.2 Å². The SMILES string of the molecule is CCN(CC)Cc1ccccc1NC(=O)CNC(C)C. The first-order chi connectivity index (χ1) is 9.56. The Balaban J connectivity index is 2.67. The lowest BCUT2D eigenvalue weighted by atomic mass is 10.1. The van der Waals surface area contributed by atoms with Gasteiger partial charge in [-0.1, -0.05) is 45.9 Å². The highest BCUT2D eigenvalue weighted by atomic mass is 16.1. The van der Waals surface area contributed by atoms with E-state index < -0.39 is 0 Å². The molecule has 112 valence electrons. The first kappa shape index (κ1) is 16.7. The molecule has 0 aliphatic heterocycles. The molecule has 0 saturated heterocycles. The molecule has 0 aromatic heterocycles. The fourth-order valence-corrected chi connectivity index (χ4v) is 1.96. The highest BCUT2D eigenvalue weighted by Gasteiger charge is 2.09. The van der Waals surface area contributed by atoms with Crippen LogP contribution in [-0.2, 0) is 11.3 Å². The van der Waals surface area contributed by atoms with Crippen LogP contribution in [0, 0.1) is 0 Å². The van der Waals surface area contributed by atoms with E-state index in [1.165, 1.54) is 0 Å². The van der Waals surface area contributed by atoms with Gasteiger partial charge in [0, 0.05) is 18.3 Å². The molecule has 4 heteroatoms. The van der Waals surface area contributed by atoms with Gasteiger partial charge in [-0.05, 0) is 24.7 Å². The summed E-state index contributed by atoms with van der Waals surface area (Å²) in [6.07, 6.45) is 0. The third-order valence-corrected chi connectivity index (χ3v) is 3.25. The maximum atomic E-state index is 11.9. The van der Waals surface area contributed by atoms with E-state index in [0.29, 0.717) is 12.6 Å². The third-order valence-electron chi connectivity index (χ3n) is 3.25. The Morgan fingerprint density at radius 3 is 2.45 bits per heavy atom. The van der Waals surface area contributed by atoms with Gasteiger partial charge >= 0.3 is 0 Å². The van der Waals surface area contributed by atoms with Crippen LogP contribution in [0.25, 0.3) is 0 Å². The Hall–Kier alpha value is -1.39. The molecule has 2 N–H and O–H groups in total. The zero-order valence-corrected chi connectivity index (χ0v) is 13.1. The van der Waals surface area contributed by atoms with E-state index in [1.807, 2.05) is 32.0 Å². The molecule has 0 aliphatic rings. The molecule has 1 amide bonds. The van der Waals surface area contributed by atoms with Crippen LogP contribution in [0.2, 0.25) is 0 Å². The van der Waals surface area contributed by atoms with Crippen LogP contribution >= 0.6 is 0 Å². The summed E-state index contributed by atoms with van der Waals surface area (Å²) in [6.45, 7) is 11.6. The zero-order valence-electron chi connectivity index (χ0n) is 13.1. The number of hydrogen-bond acceptors (Lipinski definition) is 3. The van der Waals surface area contributed by atoms with Gasteiger partial charge < -0.3 is 10.6 Å². The van der Waals surface area contributed by atoms with E-state index in [4.69, 9.17) is 0 Å². The predicted molar refractivity (Wildman–Crippen MR) is 84.8 cm³/mol. The van der Waals surface area contributed by atoms with E-state index in [9.17, 15) is 4.79 Å². The third kappa shape index (κ3) is 5.72. The molecule has 0 saturated carbocycles. The molecule has 0 spiro atoms. The summed E-state index contributed by atoms with van der Waals surface area (Å²) in [5.74, 6) is 0.00527. The van der Waals surface area contributed by atoms with Gasteiger partial charge in [-0.25, -0.2) is 0 Å². The molecule has 0 heterocycles. The molecule has 20 heavy (non-hydrogen) atoms. The van der Waals surface area contributed by atoms with Crippen LogP contribution in [0.1, 0.15) is 33.3 Å². The minimum atomic E-state index is 0.00527. The van der Waals surface area contributed by atoms with Crippen LogP contribution in [0.3, 0.4) is 0 Å². The lowest BCUT2D eigenvalue weighted by Crippen LogP contribution is -2.33. The van der Waals surface area contributed by atoms with Crippen LogP contribution < -0.4 is 10.6 Å². The van der Waals surface area contributed by atoms with Gasteiger partial charge in [0.05, 0.1) is 6.54 Å².